The highest BCUT2D eigenvalue weighted by Gasteiger charge is 2.12. The number of hydrogen-bond acceptors (Lipinski definition) is 4. The van der Waals surface area contributed by atoms with Crippen LogP contribution in [0, 0.1) is 5.92 Å². The van der Waals surface area contributed by atoms with Crippen molar-refractivity contribution in [3.63, 3.8) is 0 Å². The van der Waals surface area contributed by atoms with Gasteiger partial charge in [-0.25, -0.2) is 0 Å². The van der Waals surface area contributed by atoms with Crippen molar-refractivity contribution in [2.75, 3.05) is 13.1 Å². The number of nitrogens with zero attached hydrogens (tertiary/aromatic N) is 3. The Morgan fingerprint density at radius 1 is 1.47 bits per heavy atom. The van der Waals surface area contributed by atoms with Gasteiger partial charge in [-0.2, -0.15) is 0 Å². The molecule has 86 valence electrons. The Labute approximate surface area is 101 Å². The molecule has 1 aromatic rings. The largest absolute Gasteiger partial charge is 0.297 e. The van der Waals surface area contributed by atoms with E-state index in [1.807, 2.05) is 0 Å². The molecule has 0 radical (unpaired) electrons. The predicted octanol–water partition coefficient (Wildman–Crippen LogP) is 3.06. The Balaban J connectivity index is 2.50. The zero-order chi connectivity index (χ0) is 11.3. The van der Waals surface area contributed by atoms with Crippen LogP contribution < -0.4 is 0 Å². The highest BCUT2D eigenvalue weighted by Crippen LogP contribution is 2.19. The van der Waals surface area contributed by atoms with Crippen LogP contribution in [0.3, 0.4) is 0 Å². The van der Waals surface area contributed by atoms with Crippen LogP contribution in [0.25, 0.3) is 0 Å². The molecule has 0 spiro atoms. The average molecular weight is 248 g/mol. The van der Waals surface area contributed by atoms with Gasteiger partial charge in [0.15, 0.2) is 0 Å². The fourth-order valence-corrected chi connectivity index (χ4v) is 1.99. The third-order valence-corrected chi connectivity index (χ3v) is 3.58. The molecule has 0 saturated heterocycles. The van der Waals surface area contributed by atoms with Crippen molar-refractivity contribution in [2.24, 2.45) is 5.92 Å². The van der Waals surface area contributed by atoms with E-state index < -0.39 is 0 Å². The first-order chi connectivity index (χ1) is 7.17. The topological polar surface area (TPSA) is 29.0 Å². The van der Waals surface area contributed by atoms with Gasteiger partial charge in [-0.1, -0.05) is 43.3 Å². The molecule has 0 aliphatic heterocycles. The molecule has 1 aromatic heterocycles. The van der Waals surface area contributed by atoms with Gasteiger partial charge in [-0.3, -0.25) is 4.90 Å². The van der Waals surface area contributed by atoms with E-state index in [0.717, 1.165) is 35.6 Å². The van der Waals surface area contributed by atoms with Crippen LogP contribution in [-0.4, -0.2) is 27.6 Å². The summed E-state index contributed by atoms with van der Waals surface area (Å²) in [5.74, 6) is 0.718. The smallest absolute Gasteiger partial charge is 0.138 e. The monoisotopic (exact) mass is 247 g/mol. The number of rotatable bonds is 6. The fraction of sp³-hybridized carbons (Fsp3) is 0.800. The van der Waals surface area contributed by atoms with Crippen molar-refractivity contribution in [1.29, 1.82) is 0 Å². The van der Waals surface area contributed by atoms with Crippen molar-refractivity contribution in [2.45, 2.75) is 33.7 Å². The Hall–Kier alpha value is -0.190. The van der Waals surface area contributed by atoms with E-state index in [0.29, 0.717) is 0 Å². The van der Waals surface area contributed by atoms with Crippen molar-refractivity contribution in [3.8, 4) is 0 Å². The summed E-state index contributed by atoms with van der Waals surface area (Å²) < 4.78 is 4.56. The van der Waals surface area contributed by atoms with Crippen molar-refractivity contribution in [1.82, 2.24) is 14.5 Å². The molecule has 0 fully saturated rings. The van der Waals surface area contributed by atoms with Gasteiger partial charge in [-0.05, 0) is 12.5 Å². The van der Waals surface area contributed by atoms with Crippen LogP contribution in [0.4, 0.5) is 0 Å². The van der Waals surface area contributed by atoms with E-state index in [9.17, 15) is 0 Å². The summed E-state index contributed by atoms with van der Waals surface area (Å²) in [6.07, 6.45) is 1.21. The lowest BCUT2D eigenvalue weighted by atomic mass is 10.1. The molecule has 1 atom stereocenters. The summed E-state index contributed by atoms with van der Waals surface area (Å²) in [6, 6.07) is 0. The second-order valence-corrected chi connectivity index (χ2v) is 5.19. The second kappa shape index (κ2) is 6.40. The summed E-state index contributed by atoms with van der Waals surface area (Å²) in [5, 5.41) is 4.03. The highest BCUT2D eigenvalue weighted by atomic mass is 35.5. The molecule has 1 unspecified atom stereocenters. The van der Waals surface area contributed by atoms with Crippen molar-refractivity contribution >= 4 is 23.1 Å². The standard InChI is InChI=1S/C10H18ClN3S/c1-4-8(3)6-14(5-2)7-9-10(11)15-13-12-9/h8H,4-7H2,1-3H3. The number of halogens is 1. The first-order valence-electron chi connectivity index (χ1n) is 5.36. The molecular formula is C10H18ClN3S. The third kappa shape index (κ3) is 4.05. The van der Waals surface area contributed by atoms with Gasteiger partial charge in [0.25, 0.3) is 0 Å². The zero-order valence-corrected chi connectivity index (χ0v) is 11.1. The minimum Gasteiger partial charge on any atom is -0.297 e. The summed E-state index contributed by atoms with van der Waals surface area (Å²) in [6.45, 7) is 9.59. The average Bonchev–Trinajstić information content (AvgIpc) is 2.63. The Morgan fingerprint density at radius 3 is 2.67 bits per heavy atom. The summed E-state index contributed by atoms with van der Waals surface area (Å²) in [7, 11) is 0. The van der Waals surface area contributed by atoms with Crippen molar-refractivity contribution < 1.29 is 0 Å². The normalized spacial score (nSPS) is 13.4. The van der Waals surface area contributed by atoms with Gasteiger partial charge in [0, 0.05) is 24.6 Å². The minimum atomic E-state index is 0.718. The van der Waals surface area contributed by atoms with Crippen LogP contribution in [0.1, 0.15) is 32.9 Å². The third-order valence-electron chi connectivity index (χ3n) is 2.60. The number of aromatic nitrogens is 2. The van der Waals surface area contributed by atoms with E-state index in [2.05, 4.69) is 35.3 Å². The van der Waals surface area contributed by atoms with Crippen LogP contribution in [-0.2, 0) is 6.54 Å². The van der Waals surface area contributed by atoms with Gasteiger partial charge in [-0.15, -0.1) is 5.10 Å². The molecule has 3 nitrogen and oxygen atoms in total. The summed E-state index contributed by atoms with van der Waals surface area (Å²) in [4.78, 5) is 2.36. The van der Waals surface area contributed by atoms with Gasteiger partial charge in [0.2, 0.25) is 0 Å². The molecule has 0 aliphatic rings. The molecule has 15 heavy (non-hydrogen) atoms. The van der Waals surface area contributed by atoms with Crippen LogP contribution in [0.5, 0.6) is 0 Å². The molecule has 0 aromatic carbocycles. The summed E-state index contributed by atoms with van der Waals surface area (Å²) in [5.41, 5.74) is 0.909. The molecule has 0 aliphatic carbocycles. The Bertz CT molecular complexity index is 290. The van der Waals surface area contributed by atoms with Crippen LogP contribution in [0.2, 0.25) is 4.34 Å². The maximum atomic E-state index is 5.98. The zero-order valence-electron chi connectivity index (χ0n) is 9.53. The second-order valence-electron chi connectivity index (χ2n) is 3.83. The molecule has 0 saturated carbocycles. The maximum Gasteiger partial charge on any atom is 0.138 e. The number of hydrogen-bond donors (Lipinski definition) is 0. The summed E-state index contributed by atoms with van der Waals surface area (Å²) >= 11 is 7.24. The SMILES string of the molecule is CCC(C)CN(CC)Cc1nnsc1Cl. The highest BCUT2D eigenvalue weighted by molar-refractivity contribution is 7.10. The lowest BCUT2D eigenvalue weighted by Crippen LogP contribution is -2.28. The van der Waals surface area contributed by atoms with Gasteiger partial charge in [0.1, 0.15) is 10.0 Å². The molecule has 1 heterocycles. The quantitative estimate of drug-likeness (QED) is 0.774. The van der Waals surface area contributed by atoms with E-state index in [1.54, 1.807) is 0 Å². The molecule has 0 bridgehead atoms. The first kappa shape index (κ1) is 12.9. The molecule has 0 amide bonds. The predicted molar refractivity (Wildman–Crippen MR) is 65.3 cm³/mol. The van der Waals surface area contributed by atoms with Gasteiger partial charge >= 0.3 is 0 Å². The lowest BCUT2D eigenvalue weighted by molar-refractivity contribution is 0.235. The minimum absolute atomic E-state index is 0.718. The van der Waals surface area contributed by atoms with Crippen molar-refractivity contribution in [3.05, 3.63) is 10.0 Å². The molecular weight excluding hydrogens is 230 g/mol. The molecule has 5 heteroatoms. The lowest BCUT2D eigenvalue weighted by Gasteiger charge is -2.22. The van der Waals surface area contributed by atoms with Gasteiger partial charge in [0.05, 0.1) is 0 Å². The van der Waals surface area contributed by atoms with E-state index in [4.69, 9.17) is 11.6 Å². The fourth-order valence-electron chi connectivity index (χ4n) is 1.38. The van der Waals surface area contributed by atoms with Gasteiger partial charge < -0.3 is 0 Å². The van der Waals surface area contributed by atoms with E-state index >= 15 is 0 Å². The van der Waals surface area contributed by atoms with E-state index in [-0.39, 0.29) is 0 Å². The molecule has 0 N–H and O–H groups in total. The Kier molecular flexibility index (Phi) is 5.50. The van der Waals surface area contributed by atoms with E-state index in [1.165, 1.54) is 18.0 Å². The first-order valence-corrected chi connectivity index (χ1v) is 6.51. The van der Waals surface area contributed by atoms with Crippen LogP contribution >= 0.6 is 23.1 Å². The molecule has 1 rings (SSSR count). The van der Waals surface area contributed by atoms with Crippen LogP contribution in [0.15, 0.2) is 0 Å². The maximum absolute atomic E-state index is 5.98. The Morgan fingerprint density at radius 2 is 2.20 bits per heavy atom.